The number of hydrogen-bond donors (Lipinski definition) is 2. The van der Waals surface area contributed by atoms with E-state index >= 15 is 0 Å². The van der Waals surface area contributed by atoms with Crippen LogP contribution in [-0.4, -0.2) is 50.1 Å². The van der Waals surface area contributed by atoms with Crippen molar-refractivity contribution in [2.24, 2.45) is 0 Å². The van der Waals surface area contributed by atoms with Gasteiger partial charge in [-0.2, -0.15) is 0 Å². The van der Waals surface area contributed by atoms with Gasteiger partial charge in [-0.1, -0.05) is 0 Å². The largest absolute Gasteiger partial charge is 0.345 e. The first-order valence-electron chi connectivity index (χ1n) is 5.92. The molecule has 0 radical (unpaired) electrons. The molecule has 1 heterocycles. The van der Waals surface area contributed by atoms with E-state index in [-0.39, 0.29) is 5.91 Å². The second-order valence-corrected chi connectivity index (χ2v) is 4.17. The van der Waals surface area contributed by atoms with Gasteiger partial charge in [-0.25, -0.2) is 0 Å². The second-order valence-electron chi connectivity index (χ2n) is 4.17. The third kappa shape index (κ3) is 4.62. The fourth-order valence-electron chi connectivity index (χ4n) is 1.77. The summed E-state index contributed by atoms with van der Waals surface area (Å²) in [6.07, 6.45) is 3.51. The molecule has 0 aromatic carbocycles. The molecule has 1 amide bonds. The van der Waals surface area contributed by atoms with Gasteiger partial charge in [0.1, 0.15) is 0 Å². The number of nitrogens with one attached hydrogen (secondary N) is 2. The number of nitrogens with zero attached hydrogens (tertiary/aromatic N) is 1. The molecule has 0 aliphatic carbocycles. The van der Waals surface area contributed by atoms with E-state index in [9.17, 15) is 4.79 Å². The zero-order chi connectivity index (χ0) is 11.1. The van der Waals surface area contributed by atoms with Crippen LogP contribution in [0.4, 0.5) is 0 Å². The second kappa shape index (κ2) is 6.80. The normalized spacial score (nSPS) is 22.1. The van der Waals surface area contributed by atoms with Crippen LogP contribution in [0.5, 0.6) is 0 Å². The van der Waals surface area contributed by atoms with Crippen molar-refractivity contribution < 1.29 is 4.79 Å². The Bertz CT molecular complexity index is 188. The molecule has 0 aromatic heterocycles. The minimum absolute atomic E-state index is 0.190. The third-order valence-corrected chi connectivity index (χ3v) is 3.02. The van der Waals surface area contributed by atoms with E-state index in [1.807, 2.05) is 14.0 Å². The van der Waals surface area contributed by atoms with Gasteiger partial charge in [-0.05, 0) is 39.3 Å². The molecule has 1 unspecified atom stereocenters. The van der Waals surface area contributed by atoms with Crippen LogP contribution in [0.15, 0.2) is 0 Å². The molecular weight excluding hydrogens is 190 g/mol. The molecule has 4 heteroatoms. The maximum Gasteiger partial charge on any atom is 0.236 e. The van der Waals surface area contributed by atoms with Crippen molar-refractivity contribution in [1.29, 1.82) is 0 Å². The van der Waals surface area contributed by atoms with Crippen LogP contribution in [0.3, 0.4) is 0 Å². The fraction of sp³-hybridized carbons (Fsp3) is 0.909. The predicted molar refractivity (Wildman–Crippen MR) is 61.8 cm³/mol. The third-order valence-electron chi connectivity index (χ3n) is 3.02. The minimum atomic E-state index is 0.190. The molecule has 1 saturated heterocycles. The average Bonchev–Trinajstić information content (AvgIpc) is 2.53. The van der Waals surface area contributed by atoms with E-state index < -0.39 is 0 Å². The van der Waals surface area contributed by atoms with Crippen molar-refractivity contribution in [2.75, 3.05) is 33.2 Å². The number of carbonyl (C=O) groups excluding carboxylic acids is 1. The lowest BCUT2D eigenvalue weighted by Crippen LogP contribution is -2.40. The zero-order valence-corrected chi connectivity index (χ0v) is 9.88. The topological polar surface area (TPSA) is 44.4 Å². The average molecular weight is 213 g/mol. The first kappa shape index (κ1) is 12.5. The van der Waals surface area contributed by atoms with E-state index in [0.717, 1.165) is 26.1 Å². The van der Waals surface area contributed by atoms with Gasteiger partial charge in [0.15, 0.2) is 0 Å². The molecule has 1 aliphatic rings. The molecule has 4 nitrogen and oxygen atoms in total. The summed E-state index contributed by atoms with van der Waals surface area (Å²) in [4.78, 5) is 13.3. The highest BCUT2D eigenvalue weighted by Crippen LogP contribution is 2.04. The Hall–Kier alpha value is -0.610. The highest BCUT2D eigenvalue weighted by Gasteiger charge is 2.13. The van der Waals surface area contributed by atoms with Crippen LogP contribution < -0.4 is 10.6 Å². The van der Waals surface area contributed by atoms with Gasteiger partial charge in [-0.3, -0.25) is 4.79 Å². The van der Waals surface area contributed by atoms with Crippen LogP contribution in [0.1, 0.15) is 26.2 Å². The van der Waals surface area contributed by atoms with Crippen molar-refractivity contribution in [3.05, 3.63) is 0 Å². The molecule has 0 bridgehead atoms. The van der Waals surface area contributed by atoms with Gasteiger partial charge in [0, 0.05) is 19.6 Å². The van der Waals surface area contributed by atoms with Crippen molar-refractivity contribution >= 4 is 5.91 Å². The summed E-state index contributed by atoms with van der Waals surface area (Å²) in [6.45, 7) is 5.44. The van der Waals surface area contributed by atoms with Crippen molar-refractivity contribution in [2.45, 2.75) is 32.2 Å². The molecule has 88 valence electrons. The Morgan fingerprint density at radius 1 is 1.47 bits per heavy atom. The molecule has 2 N–H and O–H groups in total. The predicted octanol–water partition coefficient (Wildman–Crippen LogP) is 0.196. The quantitative estimate of drug-likeness (QED) is 0.701. The molecule has 15 heavy (non-hydrogen) atoms. The highest BCUT2D eigenvalue weighted by molar-refractivity contribution is 5.77. The van der Waals surface area contributed by atoms with Gasteiger partial charge in [0.2, 0.25) is 5.91 Å². The van der Waals surface area contributed by atoms with Gasteiger partial charge >= 0.3 is 0 Å². The summed E-state index contributed by atoms with van der Waals surface area (Å²) in [5, 5.41) is 6.71. The van der Waals surface area contributed by atoms with E-state index in [0.29, 0.717) is 12.6 Å². The highest BCUT2D eigenvalue weighted by atomic mass is 16.2. The molecule has 1 aliphatic heterocycles. The molecule has 0 saturated carbocycles. The molecule has 1 rings (SSSR count). The van der Waals surface area contributed by atoms with Crippen molar-refractivity contribution in [3.63, 3.8) is 0 Å². The summed E-state index contributed by atoms with van der Waals surface area (Å²) in [7, 11) is 1.85. The Kier molecular flexibility index (Phi) is 5.65. The lowest BCUT2D eigenvalue weighted by atomic mass is 10.1. The minimum Gasteiger partial charge on any atom is -0.345 e. The van der Waals surface area contributed by atoms with Crippen LogP contribution in [0.2, 0.25) is 0 Å². The van der Waals surface area contributed by atoms with E-state index in [2.05, 4.69) is 10.6 Å². The van der Waals surface area contributed by atoms with Crippen molar-refractivity contribution in [1.82, 2.24) is 15.5 Å². The van der Waals surface area contributed by atoms with E-state index in [4.69, 9.17) is 0 Å². The monoisotopic (exact) mass is 213 g/mol. The van der Waals surface area contributed by atoms with Crippen LogP contribution in [-0.2, 0) is 4.79 Å². The van der Waals surface area contributed by atoms with E-state index in [1.54, 1.807) is 4.90 Å². The summed E-state index contributed by atoms with van der Waals surface area (Å²) in [6, 6.07) is 0.509. The maximum atomic E-state index is 11.6. The lowest BCUT2D eigenvalue weighted by molar-refractivity contribution is -0.128. The van der Waals surface area contributed by atoms with Crippen LogP contribution in [0, 0.1) is 0 Å². The Morgan fingerprint density at radius 2 is 2.27 bits per heavy atom. The number of hydrogen-bond acceptors (Lipinski definition) is 3. The summed E-state index contributed by atoms with van der Waals surface area (Å²) >= 11 is 0. The Labute approximate surface area is 92.4 Å². The van der Waals surface area contributed by atoms with E-state index in [1.165, 1.54) is 12.8 Å². The lowest BCUT2D eigenvalue weighted by Gasteiger charge is -2.19. The molecule has 1 fully saturated rings. The van der Waals surface area contributed by atoms with Gasteiger partial charge in [0.05, 0.1) is 6.54 Å². The molecule has 0 aromatic rings. The first-order chi connectivity index (χ1) is 7.24. The molecule has 1 atom stereocenters. The van der Waals surface area contributed by atoms with Crippen LogP contribution >= 0.6 is 0 Å². The molecule has 0 spiro atoms. The number of amides is 1. The maximum absolute atomic E-state index is 11.6. The van der Waals surface area contributed by atoms with Crippen molar-refractivity contribution in [3.8, 4) is 0 Å². The number of rotatable bonds is 4. The number of carbonyl (C=O) groups is 1. The van der Waals surface area contributed by atoms with Crippen LogP contribution in [0.25, 0.3) is 0 Å². The Morgan fingerprint density at radius 3 is 3.00 bits per heavy atom. The SMILES string of the molecule is CCN(C)C(=O)CNC1CCCNCC1. The summed E-state index contributed by atoms with van der Waals surface area (Å²) in [5.74, 6) is 0.190. The number of likely N-dealkylation sites (N-methyl/N-ethyl adjacent to an activating group) is 1. The smallest absolute Gasteiger partial charge is 0.236 e. The van der Waals surface area contributed by atoms with Gasteiger partial charge in [0.25, 0.3) is 0 Å². The van der Waals surface area contributed by atoms with Gasteiger partial charge < -0.3 is 15.5 Å². The standard InChI is InChI=1S/C11H23N3O/c1-3-14(2)11(15)9-13-10-5-4-7-12-8-6-10/h10,12-13H,3-9H2,1-2H3. The Balaban J connectivity index is 2.20. The first-order valence-corrected chi connectivity index (χ1v) is 5.92. The summed E-state index contributed by atoms with van der Waals surface area (Å²) < 4.78 is 0. The zero-order valence-electron chi connectivity index (χ0n) is 9.88. The fourth-order valence-corrected chi connectivity index (χ4v) is 1.77. The molecular formula is C11H23N3O. The van der Waals surface area contributed by atoms with Gasteiger partial charge in [-0.15, -0.1) is 0 Å². The summed E-state index contributed by atoms with van der Waals surface area (Å²) in [5.41, 5.74) is 0.